The van der Waals surface area contributed by atoms with E-state index in [1.807, 2.05) is 12.1 Å². The van der Waals surface area contributed by atoms with Crippen LogP contribution in [0.3, 0.4) is 0 Å². The number of aryl methyl sites for hydroxylation is 1. The minimum atomic E-state index is 0.270. The molecule has 2 aromatic heterocycles. The number of pyridine rings is 1. The van der Waals surface area contributed by atoms with Gasteiger partial charge in [-0.15, -0.1) is 0 Å². The van der Waals surface area contributed by atoms with Crippen LogP contribution in [0.2, 0.25) is 0 Å². The van der Waals surface area contributed by atoms with Crippen LogP contribution in [0.1, 0.15) is 44.1 Å². The minimum Gasteiger partial charge on any atom is -0.482 e. The average Bonchev–Trinajstić information content (AvgIpc) is 2.95. The third-order valence-electron chi connectivity index (χ3n) is 2.88. The number of nitrogens with zero attached hydrogens (tertiary/aromatic N) is 3. The molecule has 0 radical (unpaired) electrons. The van der Waals surface area contributed by atoms with Crippen molar-refractivity contribution in [3.05, 3.63) is 35.7 Å². The summed E-state index contributed by atoms with van der Waals surface area (Å²) in [5.41, 5.74) is 0.999. The van der Waals surface area contributed by atoms with Gasteiger partial charge in [0, 0.05) is 13.0 Å². The van der Waals surface area contributed by atoms with E-state index in [4.69, 9.17) is 9.26 Å². The summed E-state index contributed by atoms with van der Waals surface area (Å²) >= 11 is 0. The monoisotopic (exact) mass is 290 g/mol. The van der Waals surface area contributed by atoms with Crippen molar-refractivity contribution in [2.24, 2.45) is 0 Å². The molecule has 2 aromatic rings. The molecule has 0 fully saturated rings. The van der Waals surface area contributed by atoms with Gasteiger partial charge in [0.05, 0.1) is 11.9 Å². The molecule has 0 aliphatic heterocycles. The Balaban J connectivity index is 1.79. The van der Waals surface area contributed by atoms with Crippen LogP contribution in [0.25, 0.3) is 0 Å². The van der Waals surface area contributed by atoms with Crippen LogP contribution in [0, 0.1) is 0 Å². The van der Waals surface area contributed by atoms with Crippen molar-refractivity contribution in [2.45, 2.75) is 46.3 Å². The van der Waals surface area contributed by atoms with Crippen LogP contribution in [0.4, 0.5) is 0 Å². The number of rotatable bonds is 9. The zero-order valence-corrected chi connectivity index (χ0v) is 12.6. The molecule has 0 aliphatic rings. The van der Waals surface area contributed by atoms with E-state index in [1.54, 1.807) is 6.20 Å². The van der Waals surface area contributed by atoms with Crippen LogP contribution < -0.4 is 10.1 Å². The van der Waals surface area contributed by atoms with Gasteiger partial charge in [-0.25, -0.2) is 0 Å². The highest BCUT2D eigenvalue weighted by Crippen LogP contribution is 2.11. The Morgan fingerprint density at radius 1 is 1.24 bits per heavy atom. The first-order valence-corrected chi connectivity index (χ1v) is 7.41. The quantitative estimate of drug-likeness (QED) is 0.715. The van der Waals surface area contributed by atoms with Crippen molar-refractivity contribution in [2.75, 3.05) is 6.54 Å². The van der Waals surface area contributed by atoms with Gasteiger partial charge in [0.25, 0.3) is 5.89 Å². The number of hydrogen-bond acceptors (Lipinski definition) is 6. The lowest BCUT2D eigenvalue weighted by Gasteiger charge is -2.05. The van der Waals surface area contributed by atoms with E-state index >= 15 is 0 Å². The van der Waals surface area contributed by atoms with Gasteiger partial charge in [-0.2, -0.15) is 4.98 Å². The van der Waals surface area contributed by atoms with E-state index in [0.717, 1.165) is 43.9 Å². The van der Waals surface area contributed by atoms with Crippen molar-refractivity contribution in [3.8, 4) is 5.75 Å². The van der Waals surface area contributed by atoms with Crippen molar-refractivity contribution >= 4 is 0 Å². The summed E-state index contributed by atoms with van der Waals surface area (Å²) in [5.74, 6) is 1.92. The first kappa shape index (κ1) is 15.4. The fraction of sp³-hybridized carbons (Fsp3) is 0.533. The molecule has 0 saturated carbocycles. The molecule has 1 N–H and O–H groups in total. The second kappa shape index (κ2) is 8.36. The molecule has 2 rings (SSSR count). The predicted molar refractivity (Wildman–Crippen MR) is 78.9 cm³/mol. The topological polar surface area (TPSA) is 73.1 Å². The maximum absolute atomic E-state index is 5.59. The summed E-state index contributed by atoms with van der Waals surface area (Å²) in [5, 5.41) is 7.19. The zero-order valence-electron chi connectivity index (χ0n) is 12.6. The molecule has 0 bridgehead atoms. The Labute approximate surface area is 124 Å². The summed E-state index contributed by atoms with van der Waals surface area (Å²) < 4.78 is 10.7. The number of nitrogens with one attached hydrogen (secondary N) is 1. The molecular formula is C15H22N4O2. The lowest BCUT2D eigenvalue weighted by atomic mass is 10.3. The third-order valence-corrected chi connectivity index (χ3v) is 2.88. The summed E-state index contributed by atoms with van der Waals surface area (Å²) in [6, 6.07) is 3.85. The van der Waals surface area contributed by atoms with Crippen LogP contribution in [-0.4, -0.2) is 21.7 Å². The molecule has 2 heterocycles. The number of aromatic nitrogens is 3. The van der Waals surface area contributed by atoms with Gasteiger partial charge in [0.1, 0.15) is 5.75 Å². The minimum absolute atomic E-state index is 0.270. The van der Waals surface area contributed by atoms with Gasteiger partial charge in [-0.3, -0.25) is 4.98 Å². The van der Waals surface area contributed by atoms with E-state index < -0.39 is 0 Å². The molecule has 0 spiro atoms. The highest BCUT2D eigenvalue weighted by molar-refractivity contribution is 5.19. The first-order chi connectivity index (χ1) is 10.3. The van der Waals surface area contributed by atoms with Gasteiger partial charge in [0.15, 0.2) is 12.4 Å². The van der Waals surface area contributed by atoms with E-state index in [0.29, 0.717) is 11.6 Å². The van der Waals surface area contributed by atoms with E-state index in [2.05, 4.69) is 34.3 Å². The Bertz CT molecular complexity index is 525. The van der Waals surface area contributed by atoms with Crippen molar-refractivity contribution in [1.29, 1.82) is 0 Å². The maximum atomic E-state index is 5.59. The Morgan fingerprint density at radius 3 is 2.86 bits per heavy atom. The number of hydrogen-bond donors (Lipinski definition) is 1. The second-order valence-electron chi connectivity index (χ2n) is 4.81. The Morgan fingerprint density at radius 2 is 2.14 bits per heavy atom. The first-order valence-electron chi connectivity index (χ1n) is 7.41. The highest BCUT2D eigenvalue weighted by atomic mass is 16.5. The highest BCUT2D eigenvalue weighted by Gasteiger charge is 2.06. The summed E-state index contributed by atoms with van der Waals surface area (Å²) in [7, 11) is 0. The van der Waals surface area contributed by atoms with Crippen LogP contribution in [-0.2, 0) is 19.6 Å². The molecular weight excluding hydrogens is 268 g/mol. The van der Waals surface area contributed by atoms with Crippen molar-refractivity contribution < 1.29 is 9.26 Å². The van der Waals surface area contributed by atoms with Gasteiger partial charge < -0.3 is 14.6 Å². The lowest BCUT2D eigenvalue weighted by Crippen LogP contribution is -2.14. The van der Waals surface area contributed by atoms with Crippen LogP contribution >= 0.6 is 0 Å². The number of ether oxygens (including phenoxy) is 1. The summed E-state index contributed by atoms with van der Waals surface area (Å²) in [6.07, 6.45) is 4.65. The molecule has 114 valence electrons. The lowest BCUT2D eigenvalue weighted by molar-refractivity contribution is 0.241. The molecule has 0 aromatic carbocycles. The molecule has 0 atom stereocenters. The molecule has 6 heteroatoms. The normalized spacial score (nSPS) is 10.8. The second-order valence-corrected chi connectivity index (χ2v) is 4.81. The summed E-state index contributed by atoms with van der Waals surface area (Å²) in [6.45, 7) is 6.26. The van der Waals surface area contributed by atoms with Gasteiger partial charge in [0.2, 0.25) is 0 Å². The molecule has 0 aliphatic carbocycles. The molecule has 6 nitrogen and oxygen atoms in total. The Hall–Kier alpha value is -1.95. The molecule has 0 unspecified atom stereocenters. The fourth-order valence-electron chi connectivity index (χ4n) is 1.81. The van der Waals surface area contributed by atoms with Crippen LogP contribution in [0.5, 0.6) is 5.75 Å². The zero-order chi connectivity index (χ0) is 14.9. The molecule has 0 amide bonds. The van der Waals surface area contributed by atoms with E-state index in [-0.39, 0.29) is 6.61 Å². The Kier molecular flexibility index (Phi) is 6.15. The smallest absolute Gasteiger partial charge is 0.264 e. The standard InChI is InChI=1S/C15H22N4O2/c1-3-5-14-18-15(21-19-14)11-20-13-7-6-12(17-10-13)9-16-8-4-2/h6-7,10,16H,3-5,8-9,11H2,1-2H3. The average molecular weight is 290 g/mol. The summed E-state index contributed by atoms with van der Waals surface area (Å²) in [4.78, 5) is 8.59. The third kappa shape index (κ3) is 5.15. The van der Waals surface area contributed by atoms with Gasteiger partial charge >= 0.3 is 0 Å². The van der Waals surface area contributed by atoms with Crippen molar-refractivity contribution in [1.82, 2.24) is 20.4 Å². The largest absolute Gasteiger partial charge is 0.482 e. The SMILES string of the molecule is CCCNCc1ccc(OCc2nc(CCC)no2)cn1. The van der Waals surface area contributed by atoms with E-state index in [1.165, 1.54) is 0 Å². The fourth-order valence-corrected chi connectivity index (χ4v) is 1.81. The molecule has 0 saturated heterocycles. The van der Waals surface area contributed by atoms with Gasteiger partial charge in [-0.05, 0) is 31.5 Å². The van der Waals surface area contributed by atoms with Crippen molar-refractivity contribution in [3.63, 3.8) is 0 Å². The predicted octanol–water partition coefficient (Wildman–Crippen LogP) is 2.50. The maximum Gasteiger partial charge on any atom is 0.264 e. The molecule has 21 heavy (non-hydrogen) atoms. The van der Waals surface area contributed by atoms with E-state index in [9.17, 15) is 0 Å². The van der Waals surface area contributed by atoms with Crippen LogP contribution in [0.15, 0.2) is 22.9 Å². The van der Waals surface area contributed by atoms with Gasteiger partial charge in [-0.1, -0.05) is 19.0 Å².